The van der Waals surface area contributed by atoms with Gasteiger partial charge in [0.15, 0.2) is 0 Å². The molecule has 0 aliphatic heterocycles. The second-order valence-corrected chi connectivity index (χ2v) is 6.30. The van der Waals surface area contributed by atoms with Gasteiger partial charge in [0.05, 0.1) is 0 Å². The molecule has 0 saturated carbocycles. The number of fused-ring (bicyclic) bond motifs is 1. The van der Waals surface area contributed by atoms with Crippen LogP contribution < -0.4 is 0 Å². The number of hydrogen-bond donors (Lipinski definition) is 0. The van der Waals surface area contributed by atoms with Crippen molar-refractivity contribution in [1.82, 2.24) is 9.97 Å². The van der Waals surface area contributed by atoms with Crippen molar-refractivity contribution in [2.24, 2.45) is 0 Å². The third-order valence-electron chi connectivity index (χ3n) is 3.44. The van der Waals surface area contributed by atoms with Gasteiger partial charge in [-0.25, -0.2) is 9.97 Å². The highest BCUT2D eigenvalue weighted by molar-refractivity contribution is 7.99. The number of aromatic nitrogens is 2. The van der Waals surface area contributed by atoms with Gasteiger partial charge in [0.25, 0.3) is 0 Å². The van der Waals surface area contributed by atoms with Crippen molar-refractivity contribution in [2.75, 3.05) is 0 Å². The number of aryl methyl sites for hydroxylation is 3. The van der Waals surface area contributed by atoms with Crippen LogP contribution in [0.5, 0.6) is 0 Å². The Morgan fingerprint density at radius 3 is 2.74 bits per heavy atom. The van der Waals surface area contributed by atoms with Crippen molar-refractivity contribution < 1.29 is 0 Å². The van der Waals surface area contributed by atoms with Gasteiger partial charge in [-0.3, -0.25) is 0 Å². The SMILES string of the molecule is Cc1nc(Cl)c(C)c(Sc2ccc3c(c2)CCC3)n1. The Labute approximate surface area is 122 Å². The smallest absolute Gasteiger partial charge is 0.136 e. The van der Waals surface area contributed by atoms with E-state index in [0.717, 1.165) is 16.4 Å². The van der Waals surface area contributed by atoms with Crippen molar-refractivity contribution in [3.05, 3.63) is 45.9 Å². The molecular weight excluding hydrogens is 276 g/mol. The first-order valence-corrected chi connectivity index (χ1v) is 7.63. The molecule has 0 amide bonds. The van der Waals surface area contributed by atoms with Crippen LogP contribution in [0, 0.1) is 13.8 Å². The zero-order chi connectivity index (χ0) is 13.4. The third kappa shape index (κ3) is 2.63. The summed E-state index contributed by atoms with van der Waals surface area (Å²) in [5, 5.41) is 1.51. The highest BCUT2D eigenvalue weighted by atomic mass is 35.5. The Hall–Kier alpha value is -1.06. The van der Waals surface area contributed by atoms with E-state index in [1.165, 1.54) is 35.3 Å². The topological polar surface area (TPSA) is 25.8 Å². The Morgan fingerprint density at radius 1 is 1.11 bits per heavy atom. The molecule has 0 saturated heterocycles. The quantitative estimate of drug-likeness (QED) is 0.767. The van der Waals surface area contributed by atoms with Crippen molar-refractivity contribution in [1.29, 1.82) is 0 Å². The van der Waals surface area contributed by atoms with Crippen LogP contribution in [0.2, 0.25) is 5.15 Å². The Bertz CT molecular complexity index is 640. The second kappa shape index (κ2) is 5.14. The number of hydrogen-bond acceptors (Lipinski definition) is 3. The molecular formula is C15H15ClN2S. The van der Waals surface area contributed by atoms with Crippen molar-refractivity contribution in [2.45, 2.75) is 43.0 Å². The first-order valence-electron chi connectivity index (χ1n) is 6.44. The summed E-state index contributed by atoms with van der Waals surface area (Å²) in [6.07, 6.45) is 3.70. The highest BCUT2D eigenvalue weighted by Gasteiger charge is 2.13. The number of benzene rings is 1. The van der Waals surface area contributed by atoms with Crippen LogP contribution in [-0.4, -0.2) is 9.97 Å². The lowest BCUT2D eigenvalue weighted by atomic mass is 10.1. The highest BCUT2D eigenvalue weighted by Crippen LogP contribution is 2.34. The monoisotopic (exact) mass is 290 g/mol. The first-order chi connectivity index (χ1) is 9.13. The lowest BCUT2D eigenvalue weighted by molar-refractivity contribution is 0.911. The van der Waals surface area contributed by atoms with Gasteiger partial charge >= 0.3 is 0 Å². The minimum Gasteiger partial charge on any atom is -0.226 e. The number of halogens is 1. The molecule has 1 aliphatic carbocycles. The average Bonchev–Trinajstić information content (AvgIpc) is 2.82. The zero-order valence-electron chi connectivity index (χ0n) is 11.0. The molecule has 0 atom stereocenters. The van der Waals surface area contributed by atoms with Crippen LogP contribution in [0.15, 0.2) is 28.1 Å². The number of rotatable bonds is 2. The van der Waals surface area contributed by atoms with Crippen molar-refractivity contribution in [3.8, 4) is 0 Å². The molecule has 3 rings (SSSR count). The molecule has 1 heterocycles. The average molecular weight is 291 g/mol. The second-order valence-electron chi connectivity index (χ2n) is 4.88. The molecule has 1 aromatic heterocycles. The fraction of sp³-hybridized carbons (Fsp3) is 0.333. The summed E-state index contributed by atoms with van der Waals surface area (Å²) in [5.41, 5.74) is 3.94. The standard InChI is InChI=1S/C15H15ClN2S/c1-9-14(16)17-10(2)18-15(9)19-13-7-6-11-4-3-5-12(11)8-13/h6-8H,3-5H2,1-2H3. The molecule has 0 unspecified atom stereocenters. The summed E-state index contributed by atoms with van der Waals surface area (Å²) in [6.45, 7) is 3.84. The Kier molecular flexibility index (Phi) is 3.50. The normalized spacial score (nSPS) is 13.6. The van der Waals surface area contributed by atoms with E-state index < -0.39 is 0 Å². The molecule has 1 aliphatic rings. The van der Waals surface area contributed by atoms with E-state index in [4.69, 9.17) is 11.6 Å². The largest absolute Gasteiger partial charge is 0.226 e. The van der Waals surface area contributed by atoms with E-state index in [2.05, 4.69) is 28.2 Å². The molecule has 0 radical (unpaired) electrons. The molecule has 2 nitrogen and oxygen atoms in total. The van der Waals surface area contributed by atoms with Gasteiger partial charge in [-0.05, 0) is 56.4 Å². The van der Waals surface area contributed by atoms with Gasteiger partial charge in [-0.2, -0.15) is 0 Å². The fourth-order valence-electron chi connectivity index (χ4n) is 2.39. The summed E-state index contributed by atoms with van der Waals surface area (Å²) in [6, 6.07) is 6.72. The van der Waals surface area contributed by atoms with Crippen LogP contribution >= 0.6 is 23.4 Å². The summed E-state index contributed by atoms with van der Waals surface area (Å²) in [7, 11) is 0. The van der Waals surface area contributed by atoms with Crippen LogP contribution in [0.1, 0.15) is 28.9 Å². The summed E-state index contributed by atoms with van der Waals surface area (Å²) < 4.78 is 0. The lowest BCUT2D eigenvalue weighted by Gasteiger charge is -2.08. The molecule has 1 aromatic carbocycles. The third-order valence-corrected chi connectivity index (χ3v) is 4.89. The summed E-state index contributed by atoms with van der Waals surface area (Å²) in [5.74, 6) is 0.722. The van der Waals surface area contributed by atoms with Crippen LogP contribution in [0.4, 0.5) is 0 Å². The van der Waals surface area contributed by atoms with Gasteiger partial charge in [0.1, 0.15) is 16.0 Å². The summed E-state index contributed by atoms with van der Waals surface area (Å²) in [4.78, 5) is 9.90. The lowest BCUT2D eigenvalue weighted by Crippen LogP contribution is -1.95. The van der Waals surface area contributed by atoms with Gasteiger partial charge < -0.3 is 0 Å². The van der Waals surface area contributed by atoms with Gasteiger partial charge in [0, 0.05) is 10.5 Å². The van der Waals surface area contributed by atoms with E-state index in [-0.39, 0.29) is 0 Å². The molecule has 2 aromatic rings. The maximum atomic E-state index is 6.11. The van der Waals surface area contributed by atoms with E-state index in [1.54, 1.807) is 11.8 Å². The molecule has 4 heteroatoms. The fourth-order valence-corrected chi connectivity index (χ4v) is 3.65. The molecule has 0 bridgehead atoms. The van der Waals surface area contributed by atoms with Crippen molar-refractivity contribution >= 4 is 23.4 Å². The summed E-state index contributed by atoms with van der Waals surface area (Å²) >= 11 is 7.79. The maximum absolute atomic E-state index is 6.11. The van der Waals surface area contributed by atoms with Crippen LogP contribution in [0.25, 0.3) is 0 Å². The van der Waals surface area contributed by atoms with E-state index in [9.17, 15) is 0 Å². The van der Waals surface area contributed by atoms with Crippen LogP contribution in [0.3, 0.4) is 0 Å². The molecule has 0 N–H and O–H groups in total. The maximum Gasteiger partial charge on any atom is 0.136 e. The van der Waals surface area contributed by atoms with Gasteiger partial charge in [-0.15, -0.1) is 0 Å². The molecule has 0 fully saturated rings. The minimum absolute atomic E-state index is 0.552. The van der Waals surface area contributed by atoms with E-state index >= 15 is 0 Å². The van der Waals surface area contributed by atoms with E-state index in [1.807, 2.05) is 13.8 Å². The molecule has 98 valence electrons. The van der Waals surface area contributed by atoms with E-state index in [0.29, 0.717) is 5.15 Å². The molecule has 19 heavy (non-hydrogen) atoms. The Balaban J connectivity index is 1.93. The predicted octanol–water partition coefficient (Wildman–Crippen LogP) is 4.39. The first kappa shape index (κ1) is 12.9. The zero-order valence-corrected chi connectivity index (χ0v) is 12.6. The Morgan fingerprint density at radius 2 is 1.89 bits per heavy atom. The number of nitrogens with zero attached hydrogens (tertiary/aromatic N) is 2. The van der Waals surface area contributed by atoms with Gasteiger partial charge in [0.2, 0.25) is 0 Å². The van der Waals surface area contributed by atoms with Crippen molar-refractivity contribution in [3.63, 3.8) is 0 Å². The minimum atomic E-state index is 0.552. The van der Waals surface area contributed by atoms with Crippen LogP contribution in [-0.2, 0) is 12.8 Å². The molecule has 0 spiro atoms. The van der Waals surface area contributed by atoms with Gasteiger partial charge in [-0.1, -0.05) is 29.4 Å². The predicted molar refractivity (Wildman–Crippen MR) is 79.1 cm³/mol.